The zero-order valence-corrected chi connectivity index (χ0v) is 34.5. The number of fused-ring (bicyclic) bond motifs is 13. The topological polar surface area (TPSA) is 13.1 Å². The number of rotatable bonds is 4. The molecule has 0 spiro atoms. The molecule has 290 valence electrons. The predicted molar refractivity (Wildman–Crippen MR) is 263 cm³/mol. The lowest BCUT2D eigenvalue weighted by Crippen LogP contribution is -2.15. The molecule has 62 heavy (non-hydrogen) atoms. The Hall–Kier alpha value is -7.74. The molecule has 0 saturated carbocycles. The first-order chi connectivity index (χ1) is 30.5. The van der Waals surface area contributed by atoms with Gasteiger partial charge in [-0.1, -0.05) is 196 Å². The summed E-state index contributed by atoms with van der Waals surface area (Å²) in [5, 5.41) is 12.6. The molecule has 1 aromatic heterocycles. The van der Waals surface area contributed by atoms with Crippen molar-refractivity contribution in [3.05, 3.63) is 217 Å². The minimum atomic E-state index is -0.130. The SMILES string of the molecule is CC1(C)c2ccc(-c3cccc(-c4c5ccccc5c(-c5cccc(-c6cccc7c6oc6ccccc67)c5)c5ccccc45)c3)cc2-c2c1c1ccccc1c1ccccc21. The molecule has 0 N–H and O–H groups in total. The third-order valence-corrected chi connectivity index (χ3v) is 13.8. The Labute approximate surface area is 360 Å². The second-order valence-electron chi connectivity index (χ2n) is 17.5. The number of hydrogen-bond donors (Lipinski definition) is 0. The van der Waals surface area contributed by atoms with Crippen molar-refractivity contribution in [1.82, 2.24) is 0 Å². The van der Waals surface area contributed by atoms with Crippen LogP contribution in [0.4, 0.5) is 0 Å². The van der Waals surface area contributed by atoms with Gasteiger partial charge >= 0.3 is 0 Å². The molecule has 1 nitrogen and oxygen atoms in total. The van der Waals surface area contributed by atoms with Gasteiger partial charge in [0.15, 0.2) is 0 Å². The van der Waals surface area contributed by atoms with Gasteiger partial charge in [-0.25, -0.2) is 0 Å². The summed E-state index contributed by atoms with van der Waals surface area (Å²) in [6.45, 7) is 4.80. The number of benzene rings is 11. The van der Waals surface area contributed by atoms with Gasteiger partial charge in [-0.15, -0.1) is 0 Å². The van der Waals surface area contributed by atoms with E-state index >= 15 is 0 Å². The van der Waals surface area contributed by atoms with Crippen LogP contribution >= 0.6 is 0 Å². The quantitative estimate of drug-likeness (QED) is 0.128. The van der Waals surface area contributed by atoms with E-state index in [0.29, 0.717) is 0 Å². The maximum atomic E-state index is 6.51. The normalized spacial score (nSPS) is 13.1. The minimum absolute atomic E-state index is 0.130. The summed E-state index contributed by atoms with van der Waals surface area (Å²) in [5.41, 5.74) is 16.8. The van der Waals surface area contributed by atoms with Gasteiger partial charge in [0.05, 0.1) is 0 Å². The molecule has 1 aliphatic carbocycles. The highest BCUT2D eigenvalue weighted by Crippen LogP contribution is 2.55. The van der Waals surface area contributed by atoms with Gasteiger partial charge in [0, 0.05) is 21.8 Å². The summed E-state index contributed by atoms with van der Waals surface area (Å²) in [6.07, 6.45) is 0. The largest absolute Gasteiger partial charge is 0.455 e. The summed E-state index contributed by atoms with van der Waals surface area (Å²) in [6, 6.07) is 76.0. The Morgan fingerprint density at radius 2 is 0.758 bits per heavy atom. The van der Waals surface area contributed by atoms with Gasteiger partial charge in [-0.05, 0) is 129 Å². The van der Waals surface area contributed by atoms with Crippen molar-refractivity contribution in [2.75, 3.05) is 0 Å². The van der Waals surface area contributed by atoms with Gasteiger partial charge in [0.1, 0.15) is 11.2 Å². The second-order valence-corrected chi connectivity index (χ2v) is 17.5. The molecule has 0 atom stereocenters. The van der Waals surface area contributed by atoms with Crippen molar-refractivity contribution in [2.24, 2.45) is 0 Å². The highest BCUT2D eigenvalue weighted by Gasteiger charge is 2.38. The lowest BCUT2D eigenvalue weighted by Gasteiger charge is -2.24. The van der Waals surface area contributed by atoms with E-state index in [1.54, 1.807) is 0 Å². The average Bonchev–Trinajstić information content (AvgIpc) is 3.82. The second kappa shape index (κ2) is 13.1. The van der Waals surface area contributed by atoms with Gasteiger partial charge in [0.25, 0.3) is 0 Å². The summed E-state index contributed by atoms with van der Waals surface area (Å²) in [5.74, 6) is 0. The van der Waals surface area contributed by atoms with Gasteiger partial charge in [-0.3, -0.25) is 0 Å². The van der Waals surface area contributed by atoms with Crippen LogP contribution in [0, 0.1) is 0 Å². The highest BCUT2D eigenvalue weighted by molar-refractivity contribution is 6.22. The number of para-hydroxylation sites is 2. The molecular weight excluding hydrogens is 749 g/mol. The molecule has 0 amide bonds. The standard InChI is InChI=1S/C61H40O/c1-61(2)54-33-32-38(36-53(54)58-46-23-5-3-20-43(46)44-21-4-10-28-51(44)59(58)61)37-16-13-18-40(34-37)56-47-24-6-8-26-49(47)57(50-27-9-7-25-48(50)56)41-19-14-17-39(35-41)42-29-15-30-52-45-22-11-12-31-55(45)62-60(42)52/h3-36H,1-2H3. The van der Waals surface area contributed by atoms with Crippen molar-refractivity contribution in [3.8, 4) is 55.6 Å². The molecule has 0 bridgehead atoms. The van der Waals surface area contributed by atoms with E-state index in [4.69, 9.17) is 4.42 Å². The first-order valence-electron chi connectivity index (χ1n) is 21.7. The van der Waals surface area contributed by atoms with E-state index < -0.39 is 0 Å². The number of furan rings is 1. The van der Waals surface area contributed by atoms with Crippen molar-refractivity contribution in [3.63, 3.8) is 0 Å². The molecule has 1 aliphatic rings. The summed E-state index contributed by atoms with van der Waals surface area (Å²) < 4.78 is 6.51. The first-order valence-corrected chi connectivity index (χ1v) is 21.7. The Kier molecular flexibility index (Phi) is 7.42. The molecule has 0 fully saturated rings. The van der Waals surface area contributed by atoms with E-state index in [0.717, 1.165) is 33.1 Å². The molecule has 0 aliphatic heterocycles. The fraction of sp³-hybridized carbons (Fsp3) is 0.0492. The molecule has 11 aromatic carbocycles. The smallest absolute Gasteiger partial charge is 0.143 e. The fourth-order valence-corrected chi connectivity index (χ4v) is 11.1. The van der Waals surface area contributed by atoms with Crippen LogP contribution in [0.25, 0.3) is 121 Å². The van der Waals surface area contributed by atoms with Crippen molar-refractivity contribution < 1.29 is 4.42 Å². The van der Waals surface area contributed by atoms with Crippen LogP contribution in [0.5, 0.6) is 0 Å². The molecule has 1 heterocycles. The van der Waals surface area contributed by atoms with E-state index in [1.165, 1.54) is 98.7 Å². The highest BCUT2D eigenvalue weighted by atomic mass is 16.3. The van der Waals surface area contributed by atoms with Crippen molar-refractivity contribution >= 4 is 65.0 Å². The van der Waals surface area contributed by atoms with Crippen LogP contribution in [0.2, 0.25) is 0 Å². The average molecular weight is 789 g/mol. The lowest BCUT2D eigenvalue weighted by atomic mass is 9.79. The predicted octanol–water partition coefficient (Wildman–Crippen LogP) is 17.2. The number of hydrogen-bond acceptors (Lipinski definition) is 1. The zero-order chi connectivity index (χ0) is 41.1. The third-order valence-electron chi connectivity index (χ3n) is 13.8. The summed E-state index contributed by atoms with van der Waals surface area (Å²) >= 11 is 0. The first kappa shape index (κ1) is 35.1. The van der Waals surface area contributed by atoms with Gasteiger partial charge < -0.3 is 4.42 Å². The molecule has 13 rings (SSSR count). The molecule has 12 aromatic rings. The van der Waals surface area contributed by atoms with Crippen molar-refractivity contribution in [1.29, 1.82) is 0 Å². The maximum absolute atomic E-state index is 6.51. The lowest BCUT2D eigenvalue weighted by molar-refractivity contribution is 0.666. The Bertz CT molecular complexity index is 3780. The molecule has 0 radical (unpaired) electrons. The Morgan fingerprint density at radius 3 is 1.40 bits per heavy atom. The molecular formula is C61H40O. The molecule has 1 heteroatoms. The maximum Gasteiger partial charge on any atom is 0.143 e. The zero-order valence-electron chi connectivity index (χ0n) is 34.5. The summed E-state index contributed by atoms with van der Waals surface area (Å²) in [4.78, 5) is 0. The monoisotopic (exact) mass is 788 g/mol. The third kappa shape index (κ3) is 4.97. The minimum Gasteiger partial charge on any atom is -0.455 e. The Morgan fingerprint density at radius 1 is 0.306 bits per heavy atom. The van der Waals surface area contributed by atoms with E-state index in [-0.39, 0.29) is 5.41 Å². The van der Waals surface area contributed by atoms with Crippen LogP contribution in [0.3, 0.4) is 0 Å². The van der Waals surface area contributed by atoms with Crippen molar-refractivity contribution in [2.45, 2.75) is 19.3 Å². The van der Waals surface area contributed by atoms with E-state index in [2.05, 4.69) is 214 Å². The van der Waals surface area contributed by atoms with E-state index in [1.807, 2.05) is 6.07 Å². The van der Waals surface area contributed by atoms with Crippen LogP contribution in [-0.2, 0) is 5.41 Å². The van der Waals surface area contributed by atoms with E-state index in [9.17, 15) is 0 Å². The fourth-order valence-electron chi connectivity index (χ4n) is 11.1. The summed E-state index contributed by atoms with van der Waals surface area (Å²) in [7, 11) is 0. The Balaban J connectivity index is 0.979. The van der Waals surface area contributed by atoms with Crippen LogP contribution in [-0.4, -0.2) is 0 Å². The molecule has 0 saturated heterocycles. The van der Waals surface area contributed by atoms with Crippen LogP contribution in [0.1, 0.15) is 25.0 Å². The molecule has 0 unspecified atom stereocenters. The van der Waals surface area contributed by atoms with Crippen LogP contribution in [0.15, 0.2) is 211 Å². The van der Waals surface area contributed by atoms with Gasteiger partial charge in [0.2, 0.25) is 0 Å². The van der Waals surface area contributed by atoms with Crippen LogP contribution < -0.4 is 0 Å². The van der Waals surface area contributed by atoms with Gasteiger partial charge in [-0.2, -0.15) is 0 Å².